The fraction of sp³-hybridized carbons (Fsp3) is 0.375. The van der Waals surface area contributed by atoms with Crippen molar-refractivity contribution < 1.29 is 9.53 Å². The van der Waals surface area contributed by atoms with Gasteiger partial charge < -0.3 is 10.1 Å². The van der Waals surface area contributed by atoms with Crippen LogP contribution in [0.25, 0.3) is 0 Å². The first kappa shape index (κ1) is 16.0. The largest absolute Gasteiger partial charge is 0.385 e. The number of nitrogens with zero attached hydrogens (tertiary/aromatic N) is 2. The number of benzene rings is 1. The van der Waals surface area contributed by atoms with E-state index in [0.717, 1.165) is 25.1 Å². The number of methoxy groups -OCH3 is 1. The number of anilines is 2. The van der Waals surface area contributed by atoms with Crippen molar-refractivity contribution in [3.63, 3.8) is 0 Å². The van der Waals surface area contributed by atoms with Gasteiger partial charge in [-0.3, -0.25) is 10.00 Å². The lowest BCUT2D eigenvalue weighted by molar-refractivity contribution is 0.189. The topological polar surface area (TPSA) is 68.2 Å². The number of ether oxygens (including phenoxy) is 1. The predicted molar refractivity (Wildman–Crippen MR) is 87.2 cm³/mol. The Kier molecular flexibility index (Phi) is 5.97. The third-order valence-electron chi connectivity index (χ3n) is 3.24. The van der Waals surface area contributed by atoms with Crippen LogP contribution in [-0.4, -0.2) is 29.5 Å². The van der Waals surface area contributed by atoms with Gasteiger partial charge in [0.15, 0.2) is 5.82 Å². The number of rotatable bonds is 7. The Morgan fingerprint density at radius 1 is 1.23 bits per heavy atom. The summed E-state index contributed by atoms with van der Waals surface area (Å²) in [5, 5.41) is 9.78. The van der Waals surface area contributed by atoms with Crippen LogP contribution in [0.4, 0.5) is 16.3 Å². The summed E-state index contributed by atoms with van der Waals surface area (Å²) >= 11 is 0. The summed E-state index contributed by atoms with van der Waals surface area (Å²) in [7, 11) is 1.67. The zero-order chi connectivity index (χ0) is 15.8. The molecule has 0 radical (unpaired) electrons. The lowest BCUT2D eigenvalue weighted by Crippen LogP contribution is -2.19. The first-order valence-electron chi connectivity index (χ1n) is 7.40. The second-order valence-electron chi connectivity index (χ2n) is 4.94. The van der Waals surface area contributed by atoms with Gasteiger partial charge in [0.05, 0.1) is 0 Å². The van der Waals surface area contributed by atoms with E-state index < -0.39 is 0 Å². The van der Waals surface area contributed by atoms with Crippen LogP contribution in [0.3, 0.4) is 0 Å². The van der Waals surface area contributed by atoms with E-state index >= 15 is 0 Å². The highest BCUT2D eigenvalue weighted by atomic mass is 16.5. The molecule has 2 aromatic rings. The molecule has 0 aliphatic rings. The Morgan fingerprint density at radius 2 is 2.00 bits per heavy atom. The summed E-state index contributed by atoms with van der Waals surface area (Å²) < 4.78 is 6.78. The van der Waals surface area contributed by atoms with E-state index in [2.05, 4.69) is 22.7 Å². The first-order chi connectivity index (χ1) is 10.7. The molecule has 0 fully saturated rings. The zero-order valence-corrected chi connectivity index (χ0v) is 13.0. The third kappa shape index (κ3) is 4.89. The molecule has 0 spiro atoms. The number of aromatic nitrogens is 2. The van der Waals surface area contributed by atoms with Crippen molar-refractivity contribution in [2.75, 3.05) is 24.4 Å². The molecular formula is C16H22N4O2. The van der Waals surface area contributed by atoms with Gasteiger partial charge in [-0.1, -0.05) is 19.1 Å². The second kappa shape index (κ2) is 8.19. The van der Waals surface area contributed by atoms with Gasteiger partial charge in [0.2, 0.25) is 0 Å². The number of amides is 2. The lowest BCUT2D eigenvalue weighted by Gasteiger charge is -2.06. The number of urea groups is 1. The van der Waals surface area contributed by atoms with E-state index in [-0.39, 0.29) is 6.03 Å². The first-order valence-corrected chi connectivity index (χ1v) is 7.40. The maximum atomic E-state index is 11.9. The van der Waals surface area contributed by atoms with Gasteiger partial charge >= 0.3 is 6.03 Å². The SMILES string of the molecule is CCc1ccc(NC(=O)Nc2ccn(CCCOC)n2)cc1. The van der Waals surface area contributed by atoms with Crippen molar-refractivity contribution in [2.24, 2.45) is 0 Å². The summed E-state index contributed by atoms with van der Waals surface area (Å²) in [6.07, 6.45) is 3.70. The molecule has 6 heteroatoms. The van der Waals surface area contributed by atoms with Gasteiger partial charge in [-0.05, 0) is 30.5 Å². The molecule has 0 atom stereocenters. The molecule has 0 saturated heterocycles. The van der Waals surface area contributed by atoms with Crippen LogP contribution >= 0.6 is 0 Å². The van der Waals surface area contributed by atoms with Gasteiger partial charge in [0.1, 0.15) is 0 Å². The number of carbonyl (C=O) groups excluding carboxylic acids is 1. The number of aryl methyl sites for hydroxylation is 2. The van der Waals surface area contributed by atoms with Crippen LogP contribution in [0, 0.1) is 0 Å². The average Bonchev–Trinajstić information content (AvgIpc) is 2.95. The molecule has 0 bridgehead atoms. The molecule has 2 amide bonds. The highest BCUT2D eigenvalue weighted by molar-refractivity contribution is 5.99. The number of hydrogen-bond donors (Lipinski definition) is 2. The molecule has 118 valence electrons. The van der Waals surface area contributed by atoms with E-state index in [1.54, 1.807) is 17.9 Å². The van der Waals surface area contributed by atoms with Crippen LogP contribution in [0.15, 0.2) is 36.5 Å². The van der Waals surface area contributed by atoms with Gasteiger partial charge in [-0.2, -0.15) is 5.10 Å². The monoisotopic (exact) mass is 302 g/mol. The fourth-order valence-electron chi connectivity index (χ4n) is 2.03. The van der Waals surface area contributed by atoms with Crippen LogP contribution < -0.4 is 10.6 Å². The Morgan fingerprint density at radius 3 is 2.68 bits per heavy atom. The molecule has 0 unspecified atom stereocenters. The molecule has 1 heterocycles. The normalized spacial score (nSPS) is 10.5. The highest BCUT2D eigenvalue weighted by Crippen LogP contribution is 2.11. The Bertz CT molecular complexity index is 592. The lowest BCUT2D eigenvalue weighted by atomic mass is 10.1. The maximum absolute atomic E-state index is 11.9. The molecule has 2 rings (SSSR count). The van der Waals surface area contributed by atoms with E-state index in [4.69, 9.17) is 4.74 Å². The molecule has 22 heavy (non-hydrogen) atoms. The number of hydrogen-bond acceptors (Lipinski definition) is 3. The van der Waals surface area contributed by atoms with Gasteiger partial charge in [-0.15, -0.1) is 0 Å². The average molecular weight is 302 g/mol. The molecule has 0 saturated carbocycles. The summed E-state index contributed by atoms with van der Waals surface area (Å²) in [6, 6.07) is 9.25. The molecular weight excluding hydrogens is 280 g/mol. The minimum Gasteiger partial charge on any atom is -0.385 e. The molecule has 1 aromatic heterocycles. The van der Waals surface area contributed by atoms with Crippen LogP contribution in [-0.2, 0) is 17.7 Å². The van der Waals surface area contributed by atoms with Crippen molar-refractivity contribution >= 4 is 17.5 Å². The van der Waals surface area contributed by atoms with E-state index in [0.29, 0.717) is 12.4 Å². The number of carbonyl (C=O) groups is 1. The Hall–Kier alpha value is -2.34. The van der Waals surface area contributed by atoms with Crippen molar-refractivity contribution in [3.05, 3.63) is 42.1 Å². The van der Waals surface area contributed by atoms with Crippen LogP contribution in [0.5, 0.6) is 0 Å². The number of nitrogens with one attached hydrogen (secondary N) is 2. The third-order valence-corrected chi connectivity index (χ3v) is 3.24. The highest BCUT2D eigenvalue weighted by Gasteiger charge is 2.05. The Labute approximate surface area is 130 Å². The molecule has 6 nitrogen and oxygen atoms in total. The fourth-order valence-corrected chi connectivity index (χ4v) is 2.03. The second-order valence-corrected chi connectivity index (χ2v) is 4.94. The van der Waals surface area contributed by atoms with E-state index in [9.17, 15) is 4.79 Å². The van der Waals surface area contributed by atoms with Crippen molar-refractivity contribution in [1.82, 2.24) is 9.78 Å². The van der Waals surface area contributed by atoms with E-state index in [1.807, 2.05) is 30.5 Å². The summed E-state index contributed by atoms with van der Waals surface area (Å²) in [6.45, 7) is 3.55. The molecule has 0 aliphatic carbocycles. The summed E-state index contributed by atoms with van der Waals surface area (Å²) in [5.41, 5.74) is 2.00. The van der Waals surface area contributed by atoms with Crippen LogP contribution in [0.2, 0.25) is 0 Å². The van der Waals surface area contributed by atoms with Gasteiger partial charge in [0, 0.05) is 38.2 Å². The Balaban J connectivity index is 1.83. The minimum absolute atomic E-state index is 0.300. The zero-order valence-electron chi connectivity index (χ0n) is 13.0. The smallest absolute Gasteiger partial charge is 0.324 e. The van der Waals surface area contributed by atoms with Crippen molar-refractivity contribution in [3.8, 4) is 0 Å². The standard InChI is InChI=1S/C16H22N4O2/c1-3-13-5-7-14(8-6-13)17-16(21)18-15-9-11-20(19-15)10-4-12-22-2/h5-9,11H,3-4,10,12H2,1-2H3,(H2,17,18,19,21). The van der Waals surface area contributed by atoms with Crippen molar-refractivity contribution in [1.29, 1.82) is 0 Å². The predicted octanol–water partition coefficient (Wildman–Crippen LogP) is 3.13. The van der Waals surface area contributed by atoms with Crippen molar-refractivity contribution in [2.45, 2.75) is 26.3 Å². The van der Waals surface area contributed by atoms with Gasteiger partial charge in [-0.25, -0.2) is 4.79 Å². The van der Waals surface area contributed by atoms with E-state index in [1.165, 1.54) is 5.56 Å². The molecule has 0 aliphatic heterocycles. The molecule has 2 N–H and O–H groups in total. The summed E-state index contributed by atoms with van der Waals surface area (Å²) in [5.74, 6) is 0.528. The van der Waals surface area contributed by atoms with Crippen LogP contribution in [0.1, 0.15) is 18.9 Å². The minimum atomic E-state index is -0.300. The quantitative estimate of drug-likeness (QED) is 0.772. The van der Waals surface area contributed by atoms with Gasteiger partial charge in [0.25, 0.3) is 0 Å². The maximum Gasteiger partial charge on any atom is 0.324 e. The summed E-state index contributed by atoms with van der Waals surface area (Å²) in [4.78, 5) is 11.9. The molecule has 1 aromatic carbocycles.